The Morgan fingerprint density at radius 3 is 1.74 bits per heavy atom. The lowest BCUT2D eigenvalue weighted by atomic mass is 10.1. The van der Waals surface area contributed by atoms with Crippen molar-refractivity contribution in [3.8, 4) is 11.5 Å². The van der Waals surface area contributed by atoms with Crippen molar-refractivity contribution in [1.82, 2.24) is 0 Å². The van der Waals surface area contributed by atoms with Crippen LogP contribution in [0.25, 0.3) is 0 Å². The summed E-state index contributed by atoms with van der Waals surface area (Å²) >= 11 is 2.47. The van der Waals surface area contributed by atoms with E-state index in [1.54, 1.807) is 0 Å². The first-order valence-electron chi connectivity index (χ1n) is 6.82. The molecule has 0 aliphatic carbocycles. The number of nitrogens with one attached hydrogen (secondary N) is 2. The normalized spacial score (nSPS) is 9.83. The minimum atomic E-state index is 0. The Hall–Kier alpha value is -1.25. The largest absolute Gasteiger partial charge is 0.494 e. The van der Waals surface area contributed by atoms with E-state index in [4.69, 9.17) is 31.8 Å². The van der Waals surface area contributed by atoms with Crippen LogP contribution in [-0.2, 0) is 11.5 Å². The maximum Gasteiger partial charge on any atom is 0.151 e. The number of nitrogens with two attached hydrogens (primary N) is 2. The van der Waals surface area contributed by atoms with Crippen molar-refractivity contribution in [3.05, 3.63) is 23.3 Å². The molecule has 1 aromatic rings. The molecule has 9 heteroatoms. The van der Waals surface area contributed by atoms with Gasteiger partial charge in [-0.1, -0.05) is 23.5 Å². The summed E-state index contributed by atoms with van der Waals surface area (Å²) in [6, 6.07) is 3.82. The number of hydrogen-bond donors (Lipinski definition) is 4. The van der Waals surface area contributed by atoms with Gasteiger partial charge < -0.3 is 20.9 Å². The van der Waals surface area contributed by atoms with Gasteiger partial charge in [-0.05, 0) is 26.0 Å². The molecular weight excluding hydrogens is 356 g/mol. The maximum absolute atomic E-state index is 7.36. The highest BCUT2D eigenvalue weighted by Crippen LogP contribution is 2.34. The summed E-state index contributed by atoms with van der Waals surface area (Å²) < 4.78 is 11.4. The minimum Gasteiger partial charge on any atom is -0.494 e. The Morgan fingerprint density at radius 2 is 1.39 bits per heavy atom. The Morgan fingerprint density at radius 1 is 0.957 bits per heavy atom. The first-order chi connectivity index (χ1) is 10.5. The molecule has 130 valence electrons. The fraction of sp³-hybridized carbons (Fsp3) is 0.429. The third-order valence-electron chi connectivity index (χ3n) is 2.58. The number of ether oxygens (including phenoxy) is 2. The second-order valence-corrected chi connectivity index (χ2v) is 6.28. The van der Waals surface area contributed by atoms with Crippen LogP contribution in [0.4, 0.5) is 0 Å². The fourth-order valence-electron chi connectivity index (χ4n) is 1.83. The van der Waals surface area contributed by atoms with E-state index in [9.17, 15) is 0 Å². The third-order valence-corrected chi connectivity index (χ3v) is 4.11. The van der Waals surface area contributed by atoms with Gasteiger partial charge in [0, 0.05) is 22.6 Å². The van der Waals surface area contributed by atoms with Crippen LogP contribution in [0.1, 0.15) is 25.0 Å². The van der Waals surface area contributed by atoms with E-state index in [1.807, 2.05) is 26.0 Å². The third kappa shape index (κ3) is 7.71. The van der Waals surface area contributed by atoms with Crippen molar-refractivity contribution in [2.75, 3.05) is 13.2 Å². The second-order valence-electron chi connectivity index (χ2n) is 4.24. The van der Waals surface area contributed by atoms with Gasteiger partial charge in [-0.3, -0.25) is 10.8 Å². The summed E-state index contributed by atoms with van der Waals surface area (Å²) in [6.45, 7) is 4.93. The number of benzene rings is 1. The summed E-state index contributed by atoms with van der Waals surface area (Å²) in [7, 11) is 0. The zero-order chi connectivity index (χ0) is 16.5. The molecule has 1 aromatic carbocycles. The summed E-state index contributed by atoms with van der Waals surface area (Å²) in [5, 5.41) is 14.8. The number of hydrogen-bond acceptors (Lipinski definition) is 6. The van der Waals surface area contributed by atoms with Gasteiger partial charge in [0.05, 0.1) is 13.2 Å². The Balaban J connectivity index is 0.00000484. The molecule has 0 aliphatic rings. The highest BCUT2D eigenvalue weighted by molar-refractivity contribution is 8.13. The van der Waals surface area contributed by atoms with Crippen molar-refractivity contribution in [1.29, 1.82) is 10.8 Å². The van der Waals surface area contributed by atoms with E-state index in [0.29, 0.717) is 24.7 Å². The second kappa shape index (κ2) is 11.3. The molecule has 0 saturated heterocycles. The van der Waals surface area contributed by atoms with Crippen molar-refractivity contribution in [3.63, 3.8) is 0 Å². The molecule has 0 saturated carbocycles. The van der Waals surface area contributed by atoms with Crippen LogP contribution in [0.15, 0.2) is 12.1 Å². The number of rotatable bonds is 8. The van der Waals surface area contributed by atoms with Crippen LogP contribution >= 0.6 is 35.9 Å². The molecule has 0 amide bonds. The monoisotopic (exact) mass is 378 g/mol. The van der Waals surface area contributed by atoms with Gasteiger partial charge in [-0.25, -0.2) is 0 Å². The van der Waals surface area contributed by atoms with Crippen molar-refractivity contribution < 1.29 is 9.47 Å². The lowest BCUT2D eigenvalue weighted by molar-refractivity contribution is 0.326. The molecule has 0 unspecified atom stereocenters. The molecule has 6 N–H and O–H groups in total. The summed E-state index contributed by atoms with van der Waals surface area (Å²) in [4.78, 5) is 0. The number of halogens is 1. The quantitative estimate of drug-likeness (QED) is 0.407. The van der Waals surface area contributed by atoms with Gasteiger partial charge in [0.15, 0.2) is 10.3 Å². The maximum atomic E-state index is 7.36. The van der Waals surface area contributed by atoms with Crippen LogP contribution in [0.2, 0.25) is 0 Å². The molecule has 0 aliphatic heterocycles. The Kier molecular flexibility index (Phi) is 10.7. The SMILES string of the molecule is CCOc1cc(CSC(=N)N)c(OCC)c(CSC(=N)N)c1.Cl. The van der Waals surface area contributed by atoms with Gasteiger partial charge in [0.1, 0.15) is 11.5 Å². The Bertz CT molecular complexity index is 505. The lowest BCUT2D eigenvalue weighted by Crippen LogP contribution is -2.08. The highest BCUT2D eigenvalue weighted by atomic mass is 35.5. The molecule has 1 rings (SSSR count). The predicted octanol–water partition coefficient (Wildman–Crippen LogP) is 3.16. The Labute approximate surface area is 151 Å². The van der Waals surface area contributed by atoms with Crippen molar-refractivity contribution in [2.24, 2.45) is 11.5 Å². The van der Waals surface area contributed by atoms with Gasteiger partial charge in [-0.15, -0.1) is 12.4 Å². The zero-order valence-corrected chi connectivity index (χ0v) is 15.6. The van der Waals surface area contributed by atoms with E-state index >= 15 is 0 Å². The topological polar surface area (TPSA) is 118 Å². The summed E-state index contributed by atoms with van der Waals surface area (Å²) in [5.41, 5.74) is 12.7. The van der Waals surface area contributed by atoms with Crippen LogP contribution in [-0.4, -0.2) is 23.5 Å². The van der Waals surface area contributed by atoms with Gasteiger partial charge in [0.25, 0.3) is 0 Å². The van der Waals surface area contributed by atoms with Crippen LogP contribution in [0.3, 0.4) is 0 Å². The molecule has 0 fully saturated rings. The molecule has 23 heavy (non-hydrogen) atoms. The average Bonchev–Trinajstić information content (AvgIpc) is 2.45. The molecular formula is C14H23ClN4O2S2. The van der Waals surface area contributed by atoms with E-state index in [0.717, 1.165) is 22.6 Å². The fourth-order valence-corrected chi connectivity index (χ4v) is 2.88. The van der Waals surface area contributed by atoms with Gasteiger partial charge >= 0.3 is 0 Å². The van der Waals surface area contributed by atoms with E-state index in [2.05, 4.69) is 0 Å². The van der Waals surface area contributed by atoms with E-state index in [1.165, 1.54) is 23.5 Å². The molecule has 0 heterocycles. The van der Waals surface area contributed by atoms with Crippen LogP contribution in [0, 0.1) is 10.8 Å². The highest BCUT2D eigenvalue weighted by Gasteiger charge is 2.14. The summed E-state index contributed by atoms with van der Waals surface area (Å²) in [5.74, 6) is 2.56. The smallest absolute Gasteiger partial charge is 0.151 e. The minimum absolute atomic E-state index is 0. The van der Waals surface area contributed by atoms with E-state index in [-0.39, 0.29) is 22.7 Å². The lowest BCUT2D eigenvalue weighted by Gasteiger charge is -2.17. The molecule has 6 nitrogen and oxygen atoms in total. The van der Waals surface area contributed by atoms with Gasteiger partial charge in [-0.2, -0.15) is 0 Å². The molecule has 0 bridgehead atoms. The van der Waals surface area contributed by atoms with Crippen LogP contribution < -0.4 is 20.9 Å². The predicted molar refractivity (Wildman–Crippen MR) is 102 cm³/mol. The molecule has 0 radical (unpaired) electrons. The number of thioether (sulfide) groups is 2. The first-order valence-corrected chi connectivity index (χ1v) is 8.80. The van der Waals surface area contributed by atoms with E-state index < -0.39 is 0 Å². The molecule has 0 spiro atoms. The average molecular weight is 379 g/mol. The number of amidine groups is 2. The zero-order valence-electron chi connectivity index (χ0n) is 13.2. The first kappa shape index (κ1) is 21.8. The van der Waals surface area contributed by atoms with Crippen molar-refractivity contribution >= 4 is 46.3 Å². The van der Waals surface area contributed by atoms with Gasteiger partial charge in [0.2, 0.25) is 0 Å². The molecule has 0 atom stereocenters. The van der Waals surface area contributed by atoms with Crippen molar-refractivity contribution in [2.45, 2.75) is 25.4 Å². The van der Waals surface area contributed by atoms with Crippen LogP contribution in [0.5, 0.6) is 11.5 Å². The standard InChI is InChI=1S/C14H22N4O2S2.ClH/c1-3-19-11-5-9(7-21-13(15)16)12(20-4-2)10(6-11)8-22-14(17)18;/h5-6H,3-4,7-8H2,1-2H3,(H3,15,16)(H3,17,18);1H. The summed E-state index contributed by atoms with van der Waals surface area (Å²) in [6.07, 6.45) is 0. The molecule has 0 aromatic heterocycles.